The van der Waals surface area contributed by atoms with Gasteiger partial charge in [0.25, 0.3) is 5.91 Å². The van der Waals surface area contributed by atoms with Gasteiger partial charge in [0.1, 0.15) is 0 Å². The Morgan fingerprint density at radius 2 is 1.57 bits per heavy atom. The maximum atomic E-state index is 12.4. The Hall–Kier alpha value is -3.74. The third kappa shape index (κ3) is 4.70. The molecule has 0 aliphatic heterocycles. The van der Waals surface area contributed by atoms with Gasteiger partial charge in [-0.05, 0) is 43.3 Å². The molecule has 3 rings (SSSR count). The number of nitrogens with zero attached hydrogens (tertiary/aromatic N) is 3. The van der Waals surface area contributed by atoms with Gasteiger partial charge < -0.3 is 15.5 Å². The average Bonchev–Trinajstić information content (AvgIpc) is 2.69. The number of aromatic nitrogens is 2. The van der Waals surface area contributed by atoms with Crippen LogP contribution >= 0.6 is 0 Å². The molecule has 0 aliphatic rings. The number of benzene rings is 2. The molecule has 0 unspecified atom stereocenters. The van der Waals surface area contributed by atoms with Crippen molar-refractivity contribution in [1.29, 1.82) is 0 Å². The first-order valence-corrected chi connectivity index (χ1v) is 8.71. The van der Waals surface area contributed by atoms with Crippen LogP contribution < -0.4 is 15.5 Å². The van der Waals surface area contributed by atoms with E-state index in [0.717, 1.165) is 5.69 Å². The number of carbonyl (C=O) groups is 2. The summed E-state index contributed by atoms with van der Waals surface area (Å²) in [6.45, 7) is 1.51. The molecule has 1 heterocycles. The zero-order valence-electron chi connectivity index (χ0n) is 15.9. The molecule has 7 nitrogen and oxygen atoms in total. The normalized spacial score (nSPS) is 10.2. The average molecular weight is 375 g/mol. The summed E-state index contributed by atoms with van der Waals surface area (Å²) < 4.78 is 0. The monoisotopic (exact) mass is 375 g/mol. The number of amides is 1. The molecule has 0 spiro atoms. The van der Waals surface area contributed by atoms with E-state index in [1.165, 1.54) is 19.3 Å². The van der Waals surface area contributed by atoms with Gasteiger partial charge >= 0.3 is 0 Å². The van der Waals surface area contributed by atoms with Gasteiger partial charge in [0.2, 0.25) is 5.95 Å². The summed E-state index contributed by atoms with van der Waals surface area (Å²) in [7, 11) is 3.91. The van der Waals surface area contributed by atoms with Crippen LogP contribution in [-0.2, 0) is 0 Å². The zero-order valence-corrected chi connectivity index (χ0v) is 15.9. The third-order valence-corrected chi connectivity index (χ3v) is 4.08. The highest BCUT2D eigenvalue weighted by Gasteiger charge is 2.09. The van der Waals surface area contributed by atoms with Gasteiger partial charge in [0, 0.05) is 49.1 Å². The minimum Gasteiger partial charge on any atom is -0.378 e. The summed E-state index contributed by atoms with van der Waals surface area (Å²) in [5.74, 6) is 0.0329. The number of hydrogen-bond acceptors (Lipinski definition) is 6. The van der Waals surface area contributed by atoms with E-state index in [9.17, 15) is 9.59 Å². The number of ketones is 1. The van der Waals surface area contributed by atoms with E-state index in [4.69, 9.17) is 0 Å². The zero-order chi connectivity index (χ0) is 20.1. The molecule has 2 aromatic carbocycles. The van der Waals surface area contributed by atoms with Crippen molar-refractivity contribution in [1.82, 2.24) is 9.97 Å². The molecule has 0 aliphatic carbocycles. The Balaban J connectivity index is 1.65. The molecule has 28 heavy (non-hydrogen) atoms. The highest BCUT2D eigenvalue weighted by Crippen LogP contribution is 2.17. The molecule has 0 bridgehead atoms. The third-order valence-electron chi connectivity index (χ3n) is 4.08. The molecular weight excluding hydrogens is 354 g/mol. The van der Waals surface area contributed by atoms with Crippen molar-refractivity contribution in [2.75, 3.05) is 29.6 Å². The van der Waals surface area contributed by atoms with Crippen LogP contribution in [0.15, 0.2) is 60.9 Å². The van der Waals surface area contributed by atoms with Crippen LogP contribution in [-0.4, -0.2) is 35.8 Å². The number of Topliss-reactive ketones (excluding diaryl/α,β-unsaturated/α-hetero) is 1. The maximum absolute atomic E-state index is 12.4. The minimum atomic E-state index is -0.289. The first kappa shape index (κ1) is 19.0. The smallest absolute Gasteiger partial charge is 0.258 e. The van der Waals surface area contributed by atoms with Gasteiger partial charge in [-0.25, -0.2) is 9.97 Å². The van der Waals surface area contributed by atoms with Gasteiger partial charge in [-0.2, -0.15) is 0 Å². The van der Waals surface area contributed by atoms with Crippen LogP contribution in [0, 0.1) is 0 Å². The molecular formula is C21H21N5O2. The minimum absolute atomic E-state index is 0.0183. The molecule has 1 aromatic heterocycles. The summed E-state index contributed by atoms with van der Waals surface area (Å²) in [4.78, 5) is 34.2. The Morgan fingerprint density at radius 3 is 2.18 bits per heavy atom. The fourth-order valence-corrected chi connectivity index (χ4v) is 2.50. The van der Waals surface area contributed by atoms with Crippen LogP contribution in [0.3, 0.4) is 0 Å². The van der Waals surface area contributed by atoms with Crippen LogP contribution in [0.25, 0.3) is 0 Å². The molecule has 0 saturated carbocycles. The fraction of sp³-hybridized carbons (Fsp3) is 0.143. The number of rotatable bonds is 6. The SMILES string of the molecule is CC(=O)c1cccc(Nc2ncc(C(=O)Nc3ccc(N(C)C)cc3)cn2)c1. The first-order chi connectivity index (χ1) is 13.4. The van der Waals surface area contributed by atoms with E-state index >= 15 is 0 Å². The van der Waals surface area contributed by atoms with E-state index in [0.29, 0.717) is 28.5 Å². The van der Waals surface area contributed by atoms with Crippen molar-refractivity contribution in [3.05, 3.63) is 72.1 Å². The Labute approximate surface area is 163 Å². The van der Waals surface area contributed by atoms with Crippen molar-refractivity contribution in [3.63, 3.8) is 0 Å². The Morgan fingerprint density at radius 1 is 0.893 bits per heavy atom. The molecule has 1 amide bonds. The lowest BCUT2D eigenvalue weighted by Crippen LogP contribution is -2.13. The van der Waals surface area contributed by atoms with Gasteiger partial charge in [0.15, 0.2) is 5.78 Å². The Kier molecular flexibility index (Phi) is 5.64. The van der Waals surface area contributed by atoms with Crippen molar-refractivity contribution in [2.45, 2.75) is 6.92 Å². The van der Waals surface area contributed by atoms with Crippen LogP contribution in [0.4, 0.5) is 23.0 Å². The standard InChI is InChI=1S/C21H21N5O2/c1-14(27)15-5-4-6-18(11-15)25-21-22-12-16(13-23-21)20(28)24-17-7-9-19(10-8-17)26(2)3/h4-13H,1-3H3,(H,24,28)(H,22,23,25). The summed E-state index contributed by atoms with van der Waals surface area (Å²) in [5, 5.41) is 5.84. The quantitative estimate of drug-likeness (QED) is 0.638. The van der Waals surface area contributed by atoms with Gasteiger partial charge in [0.05, 0.1) is 5.56 Å². The Bertz CT molecular complexity index is 982. The molecule has 0 fully saturated rings. The largest absolute Gasteiger partial charge is 0.378 e. The second-order valence-electron chi connectivity index (χ2n) is 6.45. The second kappa shape index (κ2) is 8.30. The fourth-order valence-electron chi connectivity index (χ4n) is 2.50. The van der Waals surface area contributed by atoms with Crippen LogP contribution in [0.5, 0.6) is 0 Å². The number of hydrogen-bond donors (Lipinski definition) is 2. The van der Waals surface area contributed by atoms with Crippen molar-refractivity contribution < 1.29 is 9.59 Å². The molecule has 142 valence electrons. The molecule has 0 atom stereocenters. The van der Waals surface area contributed by atoms with E-state index in [1.54, 1.807) is 18.2 Å². The summed E-state index contributed by atoms with van der Waals surface area (Å²) >= 11 is 0. The van der Waals surface area contributed by atoms with Crippen molar-refractivity contribution in [3.8, 4) is 0 Å². The number of carbonyl (C=O) groups excluding carboxylic acids is 2. The molecule has 7 heteroatoms. The van der Waals surface area contributed by atoms with Crippen LogP contribution in [0.1, 0.15) is 27.6 Å². The lowest BCUT2D eigenvalue weighted by molar-refractivity contribution is 0.101. The molecule has 0 saturated heterocycles. The number of nitrogens with one attached hydrogen (secondary N) is 2. The van der Waals surface area contributed by atoms with E-state index in [2.05, 4.69) is 20.6 Å². The summed E-state index contributed by atoms with van der Waals surface area (Å²) in [6.07, 6.45) is 2.90. The second-order valence-corrected chi connectivity index (χ2v) is 6.45. The van der Waals surface area contributed by atoms with Gasteiger partial charge in [-0.3, -0.25) is 9.59 Å². The summed E-state index contributed by atoms with van der Waals surface area (Å²) in [5.41, 5.74) is 3.39. The lowest BCUT2D eigenvalue weighted by atomic mass is 10.1. The van der Waals surface area contributed by atoms with Crippen molar-refractivity contribution in [2.24, 2.45) is 0 Å². The lowest BCUT2D eigenvalue weighted by Gasteiger charge is -2.13. The van der Waals surface area contributed by atoms with Crippen molar-refractivity contribution >= 4 is 34.7 Å². The predicted octanol–water partition coefficient (Wildman–Crippen LogP) is 3.74. The van der Waals surface area contributed by atoms with E-state index in [1.807, 2.05) is 49.3 Å². The topological polar surface area (TPSA) is 87.2 Å². The van der Waals surface area contributed by atoms with E-state index < -0.39 is 0 Å². The molecule has 3 aromatic rings. The molecule has 2 N–H and O–H groups in total. The molecule has 0 radical (unpaired) electrons. The van der Waals surface area contributed by atoms with Gasteiger partial charge in [-0.1, -0.05) is 12.1 Å². The first-order valence-electron chi connectivity index (χ1n) is 8.71. The van der Waals surface area contributed by atoms with Crippen LogP contribution in [0.2, 0.25) is 0 Å². The maximum Gasteiger partial charge on any atom is 0.258 e. The van der Waals surface area contributed by atoms with E-state index in [-0.39, 0.29) is 11.7 Å². The summed E-state index contributed by atoms with van der Waals surface area (Å²) in [6, 6.07) is 14.6. The number of anilines is 4. The highest BCUT2D eigenvalue weighted by atomic mass is 16.1. The van der Waals surface area contributed by atoms with Gasteiger partial charge in [-0.15, -0.1) is 0 Å². The highest BCUT2D eigenvalue weighted by molar-refractivity contribution is 6.04. The predicted molar refractivity (Wildman–Crippen MR) is 110 cm³/mol.